The van der Waals surface area contributed by atoms with E-state index < -0.39 is 5.54 Å². The second-order valence-electron chi connectivity index (χ2n) is 4.83. The average Bonchev–Trinajstić information content (AvgIpc) is 2.87. The standard InChI is InChI=1S/C15H20FN3/c1-3-8-19-11-13(10-18-19)15(17,4-2)12-6-5-7-14(16)9-12/h5-7,9-11H,3-4,8,17H2,1-2H3. The number of aromatic nitrogens is 2. The van der Waals surface area contributed by atoms with Gasteiger partial charge in [0, 0.05) is 18.3 Å². The molecule has 1 heterocycles. The first kappa shape index (κ1) is 13.7. The summed E-state index contributed by atoms with van der Waals surface area (Å²) in [6, 6.07) is 6.49. The van der Waals surface area contributed by atoms with Crippen LogP contribution in [0.15, 0.2) is 36.7 Å². The van der Waals surface area contributed by atoms with Crippen molar-refractivity contribution in [3.8, 4) is 0 Å². The number of benzene rings is 1. The topological polar surface area (TPSA) is 43.8 Å². The van der Waals surface area contributed by atoms with Crippen LogP contribution in [0.5, 0.6) is 0 Å². The summed E-state index contributed by atoms with van der Waals surface area (Å²) in [7, 11) is 0. The fourth-order valence-corrected chi connectivity index (χ4v) is 2.29. The van der Waals surface area contributed by atoms with Crippen LogP contribution >= 0.6 is 0 Å². The van der Waals surface area contributed by atoms with Crippen molar-refractivity contribution in [2.75, 3.05) is 0 Å². The van der Waals surface area contributed by atoms with Gasteiger partial charge in [-0.05, 0) is 30.5 Å². The molecule has 0 aliphatic heterocycles. The van der Waals surface area contributed by atoms with Crippen LogP contribution in [0.4, 0.5) is 4.39 Å². The van der Waals surface area contributed by atoms with Gasteiger partial charge in [0.1, 0.15) is 5.82 Å². The van der Waals surface area contributed by atoms with E-state index in [0.717, 1.165) is 24.1 Å². The predicted octanol–water partition coefficient (Wildman–Crippen LogP) is 3.04. The summed E-state index contributed by atoms with van der Waals surface area (Å²) >= 11 is 0. The highest BCUT2D eigenvalue weighted by atomic mass is 19.1. The van der Waals surface area contributed by atoms with Crippen LogP contribution in [0.25, 0.3) is 0 Å². The number of nitrogens with two attached hydrogens (primary N) is 1. The Labute approximate surface area is 113 Å². The highest BCUT2D eigenvalue weighted by Crippen LogP contribution is 2.30. The molecule has 0 saturated carbocycles. The van der Waals surface area contributed by atoms with Crippen LogP contribution in [0.3, 0.4) is 0 Å². The van der Waals surface area contributed by atoms with Gasteiger partial charge in [-0.1, -0.05) is 26.0 Å². The fraction of sp³-hybridized carbons (Fsp3) is 0.400. The van der Waals surface area contributed by atoms with Gasteiger partial charge in [0.15, 0.2) is 0 Å². The van der Waals surface area contributed by atoms with Crippen molar-refractivity contribution < 1.29 is 4.39 Å². The average molecular weight is 261 g/mol. The fourth-order valence-electron chi connectivity index (χ4n) is 2.29. The number of hydrogen-bond acceptors (Lipinski definition) is 2. The zero-order valence-corrected chi connectivity index (χ0v) is 11.4. The lowest BCUT2D eigenvalue weighted by Gasteiger charge is -2.27. The summed E-state index contributed by atoms with van der Waals surface area (Å²) in [6.07, 6.45) is 5.45. The lowest BCUT2D eigenvalue weighted by atomic mass is 9.83. The molecule has 0 amide bonds. The maximum absolute atomic E-state index is 13.4. The van der Waals surface area contributed by atoms with E-state index >= 15 is 0 Å². The van der Waals surface area contributed by atoms with Gasteiger partial charge in [0.25, 0.3) is 0 Å². The van der Waals surface area contributed by atoms with Crippen molar-refractivity contribution in [2.45, 2.75) is 38.8 Å². The van der Waals surface area contributed by atoms with Gasteiger partial charge in [-0.2, -0.15) is 5.10 Å². The van der Waals surface area contributed by atoms with Gasteiger partial charge in [-0.15, -0.1) is 0 Å². The minimum Gasteiger partial charge on any atom is -0.318 e. The van der Waals surface area contributed by atoms with Crippen molar-refractivity contribution in [2.24, 2.45) is 5.73 Å². The first-order valence-electron chi connectivity index (χ1n) is 6.68. The molecule has 0 aliphatic rings. The Bertz CT molecular complexity index is 550. The Morgan fingerprint density at radius 1 is 1.32 bits per heavy atom. The third-order valence-electron chi connectivity index (χ3n) is 3.50. The normalized spacial score (nSPS) is 14.3. The van der Waals surface area contributed by atoms with Gasteiger partial charge in [-0.3, -0.25) is 4.68 Å². The maximum Gasteiger partial charge on any atom is 0.123 e. The molecule has 4 heteroatoms. The SMILES string of the molecule is CCCn1cc(C(N)(CC)c2cccc(F)c2)cn1. The molecule has 19 heavy (non-hydrogen) atoms. The Morgan fingerprint density at radius 2 is 2.11 bits per heavy atom. The summed E-state index contributed by atoms with van der Waals surface area (Å²) in [6.45, 7) is 4.97. The molecule has 0 bridgehead atoms. The lowest BCUT2D eigenvalue weighted by molar-refractivity contribution is 0.510. The molecule has 0 spiro atoms. The van der Waals surface area contributed by atoms with E-state index in [1.165, 1.54) is 12.1 Å². The quantitative estimate of drug-likeness (QED) is 0.899. The highest BCUT2D eigenvalue weighted by molar-refractivity contribution is 5.35. The van der Waals surface area contributed by atoms with Crippen molar-refractivity contribution >= 4 is 0 Å². The van der Waals surface area contributed by atoms with Gasteiger partial charge in [0.05, 0.1) is 11.7 Å². The van der Waals surface area contributed by atoms with E-state index in [1.807, 2.05) is 23.9 Å². The van der Waals surface area contributed by atoms with Gasteiger partial charge in [-0.25, -0.2) is 4.39 Å². The smallest absolute Gasteiger partial charge is 0.123 e. The number of nitrogens with zero attached hydrogens (tertiary/aromatic N) is 2. The molecule has 102 valence electrons. The molecule has 0 radical (unpaired) electrons. The van der Waals surface area contributed by atoms with Crippen molar-refractivity contribution in [1.82, 2.24) is 9.78 Å². The third kappa shape index (κ3) is 2.68. The first-order chi connectivity index (χ1) is 9.10. The maximum atomic E-state index is 13.4. The van der Waals surface area contributed by atoms with Crippen LogP contribution in [-0.4, -0.2) is 9.78 Å². The second-order valence-corrected chi connectivity index (χ2v) is 4.83. The molecular weight excluding hydrogens is 241 g/mol. The van der Waals surface area contributed by atoms with Gasteiger partial charge < -0.3 is 5.73 Å². The van der Waals surface area contributed by atoms with E-state index in [4.69, 9.17) is 5.73 Å². The minimum absolute atomic E-state index is 0.262. The molecule has 0 fully saturated rings. The molecule has 3 nitrogen and oxygen atoms in total. The first-order valence-corrected chi connectivity index (χ1v) is 6.68. The van der Waals surface area contributed by atoms with Crippen LogP contribution in [0.1, 0.15) is 37.8 Å². The molecular formula is C15H20FN3. The van der Waals surface area contributed by atoms with Crippen molar-refractivity contribution in [1.29, 1.82) is 0 Å². The van der Waals surface area contributed by atoms with Crippen LogP contribution in [0, 0.1) is 5.82 Å². The summed E-state index contributed by atoms with van der Waals surface area (Å²) in [4.78, 5) is 0. The number of halogens is 1. The molecule has 1 aromatic heterocycles. The summed E-state index contributed by atoms with van der Waals surface area (Å²) < 4.78 is 15.3. The van der Waals surface area contributed by atoms with E-state index in [2.05, 4.69) is 12.0 Å². The third-order valence-corrected chi connectivity index (χ3v) is 3.50. The molecule has 2 N–H and O–H groups in total. The molecule has 1 unspecified atom stereocenters. The van der Waals surface area contributed by atoms with Crippen LogP contribution < -0.4 is 5.73 Å². The summed E-state index contributed by atoms with van der Waals surface area (Å²) in [5.41, 5.74) is 7.52. The van der Waals surface area contributed by atoms with E-state index in [0.29, 0.717) is 6.42 Å². The molecule has 0 saturated heterocycles. The monoisotopic (exact) mass is 261 g/mol. The second kappa shape index (κ2) is 5.53. The van der Waals surface area contributed by atoms with Crippen molar-refractivity contribution in [3.63, 3.8) is 0 Å². The Hall–Kier alpha value is -1.68. The summed E-state index contributed by atoms with van der Waals surface area (Å²) in [5.74, 6) is -0.262. The zero-order chi connectivity index (χ0) is 13.9. The minimum atomic E-state index is -0.686. The predicted molar refractivity (Wildman–Crippen MR) is 74.2 cm³/mol. The Kier molecular flexibility index (Phi) is 4.00. The number of rotatable bonds is 5. The van der Waals surface area contributed by atoms with Gasteiger partial charge in [0.2, 0.25) is 0 Å². The molecule has 0 aliphatic carbocycles. The summed E-state index contributed by atoms with van der Waals surface area (Å²) in [5, 5.41) is 4.31. The Morgan fingerprint density at radius 3 is 2.74 bits per heavy atom. The van der Waals surface area contributed by atoms with E-state index in [1.54, 1.807) is 12.3 Å². The number of hydrogen-bond donors (Lipinski definition) is 1. The lowest BCUT2D eigenvalue weighted by Crippen LogP contribution is -2.37. The zero-order valence-electron chi connectivity index (χ0n) is 11.4. The Balaban J connectivity index is 2.40. The molecule has 1 aromatic carbocycles. The van der Waals surface area contributed by atoms with Crippen LogP contribution in [-0.2, 0) is 12.1 Å². The molecule has 1 atom stereocenters. The van der Waals surface area contributed by atoms with E-state index in [9.17, 15) is 4.39 Å². The molecule has 2 aromatic rings. The highest BCUT2D eigenvalue weighted by Gasteiger charge is 2.29. The van der Waals surface area contributed by atoms with Crippen molar-refractivity contribution in [3.05, 3.63) is 53.6 Å². The largest absolute Gasteiger partial charge is 0.318 e. The molecule has 2 rings (SSSR count). The number of aryl methyl sites for hydroxylation is 1. The van der Waals surface area contributed by atoms with Crippen LogP contribution in [0.2, 0.25) is 0 Å². The van der Waals surface area contributed by atoms with E-state index in [-0.39, 0.29) is 5.82 Å². The van der Waals surface area contributed by atoms with Gasteiger partial charge >= 0.3 is 0 Å².